The van der Waals surface area contributed by atoms with E-state index in [2.05, 4.69) is 31.9 Å². The molecule has 1 fully saturated rings. The lowest BCUT2D eigenvalue weighted by atomic mass is 10.2. The normalized spacial score (nSPS) is 19.1. The highest BCUT2D eigenvalue weighted by Gasteiger charge is 2.30. The van der Waals surface area contributed by atoms with Gasteiger partial charge in [-0.2, -0.15) is 4.31 Å². The molecule has 1 aliphatic rings. The standard InChI is InChI=1S/C11H12Br2FNO2S/c12-8-3-5-15(6-4-8)18(16,17)11-2-1-9(13)7-10(11)14/h1-2,7-8H,3-6H2. The fourth-order valence-electron chi connectivity index (χ4n) is 1.89. The minimum Gasteiger partial charge on any atom is -0.207 e. The first-order chi connectivity index (χ1) is 8.41. The van der Waals surface area contributed by atoms with E-state index in [1.165, 1.54) is 22.5 Å². The second kappa shape index (κ2) is 5.56. The number of rotatable bonds is 2. The predicted molar refractivity (Wildman–Crippen MR) is 74.8 cm³/mol. The number of alkyl halides is 1. The zero-order chi connectivity index (χ0) is 13.3. The molecule has 7 heteroatoms. The monoisotopic (exact) mass is 399 g/mol. The largest absolute Gasteiger partial charge is 0.245 e. The summed E-state index contributed by atoms with van der Waals surface area (Å²) in [6.45, 7) is 0.849. The molecular weight excluding hydrogens is 389 g/mol. The van der Waals surface area contributed by atoms with Gasteiger partial charge in [-0.15, -0.1) is 0 Å². The van der Waals surface area contributed by atoms with Crippen LogP contribution < -0.4 is 0 Å². The van der Waals surface area contributed by atoms with Gasteiger partial charge in [-0.3, -0.25) is 0 Å². The Balaban J connectivity index is 2.30. The molecule has 0 aliphatic carbocycles. The van der Waals surface area contributed by atoms with Crippen molar-refractivity contribution in [1.82, 2.24) is 4.31 Å². The van der Waals surface area contributed by atoms with Gasteiger partial charge < -0.3 is 0 Å². The van der Waals surface area contributed by atoms with E-state index in [9.17, 15) is 12.8 Å². The second-order valence-corrected chi connectivity index (χ2v) is 8.27. The molecule has 1 heterocycles. The number of halogens is 3. The van der Waals surface area contributed by atoms with Gasteiger partial charge in [0, 0.05) is 22.4 Å². The zero-order valence-corrected chi connectivity index (χ0v) is 13.4. The molecule has 0 spiro atoms. The minimum atomic E-state index is -3.72. The third-order valence-corrected chi connectivity index (χ3v) is 6.24. The van der Waals surface area contributed by atoms with Crippen molar-refractivity contribution in [3.63, 3.8) is 0 Å². The van der Waals surface area contributed by atoms with Gasteiger partial charge in [0.2, 0.25) is 10.0 Å². The molecule has 0 unspecified atom stereocenters. The van der Waals surface area contributed by atoms with Crippen LogP contribution in [0, 0.1) is 5.82 Å². The Morgan fingerprint density at radius 3 is 2.44 bits per heavy atom. The fourth-order valence-corrected chi connectivity index (χ4v) is 4.15. The fraction of sp³-hybridized carbons (Fsp3) is 0.455. The first-order valence-electron chi connectivity index (χ1n) is 5.50. The molecule has 1 aromatic carbocycles. The molecule has 3 nitrogen and oxygen atoms in total. The van der Waals surface area contributed by atoms with E-state index in [0.29, 0.717) is 22.4 Å². The van der Waals surface area contributed by atoms with E-state index in [0.717, 1.165) is 12.8 Å². The first kappa shape index (κ1) is 14.4. The Kier molecular flexibility index (Phi) is 4.46. The predicted octanol–water partition coefficient (Wildman–Crippen LogP) is 3.14. The van der Waals surface area contributed by atoms with E-state index in [1.807, 2.05) is 0 Å². The number of nitrogens with zero attached hydrogens (tertiary/aromatic N) is 1. The molecule has 0 aromatic heterocycles. The molecule has 0 saturated carbocycles. The maximum absolute atomic E-state index is 13.7. The van der Waals surface area contributed by atoms with Gasteiger partial charge in [0.05, 0.1) is 0 Å². The van der Waals surface area contributed by atoms with Crippen LogP contribution in [0.3, 0.4) is 0 Å². The van der Waals surface area contributed by atoms with Gasteiger partial charge in [-0.05, 0) is 31.0 Å². The van der Waals surface area contributed by atoms with Crippen LogP contribution in [0.25, 0.3) is 0 Å². The highest BCUT2D eigenvalue weighted by atomic mass is 79.9. The third kappa shape index (κ3) is 2.95. The molecule has 0 radical (unpaired) electrons. The number of piperidine rings is 1. The van der Waals surface area contributed by atoms with Gasteiger partial charge in [0.1, 0.15) is 10.7 Å². The number of benzene rings is 1. The zero-order valence-electron chi connectivity index (χ0n) is 9.44. The molecule has 0 bridgehead atoms. The lowest BCUT2D eigenvalue weighted by Crippen LogP contribution is -2.38. The molecular formula is C11H12Br2FNO2S. The molecule has 2 rings (SSSR count). The summed E-state index contributed by atoms with van der Waals surface area (Å²) in [5.74, 6) is -0.717. The van der Waals surface area contributed by atoms with Crippen molar-refractivity contribution >= 4 is 41.9 Å². The molecule has 100 valence electrons. The first-order valence-corrected chi connectivity index (χ1v) is 8.65. The molecule has 1 saturated heterocycles. The van der Waals surface area contributed by atoms with Crippen LogP contribution in [-0.2, 0) is 10.0 Å². The number of hydrogen-bond acceptors (Lipinski definition) is 2. The molecule has 0 atom stereocenters. The summed E-state index contributed by atoms with van der Waals surface area (Å²) < 4.78 is 40.2. The molecule has 1 aromatic rings. The molecule has 0 amide bonds. The SMILES string of the molecule is O=S(=O)(c1ccc(Br)cc1F)N1CCC(Br)CC1. The van der Waals surface area contributed by atoms with Crippen molar-refractivity contribution in [2.45, 2.75) is 22.6 Å². The van der Waals surface area contributed by atoms with Gasteiger partial charge in [0.15, 0.2) is 0 Å². The highest BCUT2D eigenvalue weighted by molar-refractivity contribution is 9.10. The van der Waals surface area contributed by atoms with Crippen LogP contribution in [0.15, 0.2) is 27.6 Å². The van der Waals surface area contributed by atoms with E-state index in [4.69, 9.17) is 0 Å². The summed E-state index contributed by atoms with van der Waals surface area (Å²) >= 11 is 6.57. The van der Waals surface area contributed by atoms with Crippen LogP contribution in [-0.4, -0.2) is 30.6 Å². The van der Waals surface area contributed by atoms with E-state index >= 15 is 0 Å². The number of sulfonamides is 1. The topological polar surface area (TPSA) is 37.4 Å². The second-order valence-electron chi connectivity index (χ2n) is 4.15. The van der Waals surface area contributed by atoms with Crippen LogP contribution in [0.4, 0.5) is 4.39 Å². The van der Waals surface area contributed by atoms with E-state index < -0.39 is 15.8 Å². The van der Waals surface area contributed by atoms with Crippen molar-refractivity contribution in [1.29, 1.82) is 0 Å². The van der Waals surface area contributed by atoms with Crippen molar-refractivity contribution in [3.8, 4) is 0 Å². The number of hydrogen-bond donors (Lipinski definition) is 0. The third-order valence-electron chi connectivity index (χ3n) is 2.90. The lowest BCUT2D eigenvalue weighted by molar-refractivity contribution is 0.353. The molecule has 1 aliphatic heterocycles. The minimum absolute atomic E-state index is 0.251. The van der Waals surface area contributed by atoms with Gasteiger partial charge in [-0.25, -0.2) is 12.8 Å². The van der Waals surface area contributed by atoms with Crippen molar-refractivity contribution in [2.24, 2.45) is 0 Å². The maximum Gasteiger partial charge on any atom is 0.245 e. The van der Waals surface area contributed by atoms with Crippen LogP contribution in [0.1, 0.15) is 12.8 Å². The van der Waals surface area contributed by atoms with E-state index in [-0.39, 0.29) is 4.90 Å². The van der Waals surface area contributed by atoms with Gasteiger partial charge in [-0.1, -0.05) is 31.9 Å². The Bertz CT molecular complexity index is 542. The van der Waals surface area contributed by atoms with Crippen LogP contribution in [0.2, 0.25) is 0 Å². The Hall–Kier alpha value is 0.0200. The Morgan fingerprint density at radius 2 is 1.89 bits per heavy atom. The Labute approximate surface area is 123 Å². The maximum atomic E-state index is 13.7. The summed E-state index contributed by atoms with van der Waals surface area (Å²) in [4.78, 5) is 0.0948. The Morgan fingerprint density at radius 1 is 1.28 bits per heavy atom. The smallest absolute Gasteiger partial charge is 0.207 e. The van der Waals surface area contributed by atoms with Crippen LogP contribution >= 0.6 is 31.9 Å². The van der Waals surface area contributed by atoms with Crippen molar-refractivity contribution in [3.05, 3.63) is 28.5 Å². The summed E-state index contributed by atoms with van der Waals surface area (Å²) in [5, 5.41) is 0. The van der Waals surface area contributed by atoms with Crippen LogP contribution in [0.5, 0.6) is 0 Å². The average molecular weight is 401 g/mol. The van der Waals surface area contributed by atoms with Gasteiger partial charge >= 0.3 is 0 Å². The lowest BCUT2D eigenvalue weighted by Gasteiger charge is -2.28. The molecule has 18 heavy (non-hydrogen) atoms. The van der Waals surface area contributed by atoms with Crippen molar-refractivity contribution < 1.29 is 12.8 Å². The summed E-state index contributed by atoms with van der Waals surface area (Å²) in [7, 11) is -3.72. The summed E-state index contributed by atoms with van der Waals surface area (Å²) in [6, 6.07) is 4.01. The highest BCUT2D eigenvalue weighted by Crippen LogP contribution is 2.26. The quantitative estimate of drug-likeness (QED) is 0.715. The summed E-state index contributed by atoms with van der Waals surface area (Å²) in [5.41, 5.74) is 0. The van der Waals surface area contributed by atoms with E-state index in [1.54, 1.807) is 0 Å². The summed E-state index contributed by atoms with van der Waals surface area (Å²) in [6.07, 6.45) is 1.49. The van der Waals surface area contributed by atoms with Crippen molar-refractivity contribution in [2.75, 3.05) is 13.1 Å². The average Bonchev–Trinajstić information content (AvgIpc) is 2.29. The van der Waals surface area contributed by atoms with Gasteiger partial charge in [0.25, 0.3) is 0 Å². The molecule has 0 N–H and O–H groups in total.